The fourth-order valence-electron chi connectivity index (χ4n) is 1.33. The minimum atomic E-state index is -0.666. The minimum absolute atomic E-state index is 0.128. The molecule has 0 heterocycles. The van der Waals surface area contributed by atoms with Gasteiger partial charge in [-0.3, -0.25) is 0 Å². The van der Waals surface area contributed by atoms with Crippen molar-refractivity contribution in [2.24, 2.45) is 0 Å². The smallest absolute Gasteiger partial charge is 0.133 e. The maximum atomic E-state index is 12.9. The van der Waals surface area contributed by atoms with E-state index in [1.807, 2.05) is 0 Å². The predicted octanol–water partition coefficient (Wildman–Crippen LogP) is 3.94. The van der Waals surface area contributed by atoms with Crippen LogP contribution in [0.2, 0.25) is 0 Å². The van der Waals surface area contributed by atoms with Gasteiger partial charge in [0.2, 0.25) is 0 Å². The van der Waals surface area contributed by atoms with E-state index in [1.54, 1.807) is 24.3 Å². The molecule has 0 saturated heterocycles. The third-order valence-corrected chi connectivity index (χ3v) is 1.97. The quantitative estimate of drug-likeness (QED) is 0.743. The summed E-state index contributed by atoms with van der Waals surface area (Å²) < 4.78 is 31.1. The second-order valence-electron chi connectivity index (χ2n) is 3.35. The van der Waals surface area contributed by atoms with E-state index in [0.717, 1.165) is 23.8 Å². The summed E-state index contributed by atoms with van der Waals surface area (Å²) in [5, 5.41) is 0. The first-order valence-electron chi connectivity index (χ1n) is 4.69. The van der Waals surface area contributed by atoms with Crippen LogP contribution in [0.3, 0.4) is 0 Å². The molecule has 1 nitrogen and oxygen atoms in total. The van der Waals surface area contributed by atoms with Gasteiger partial charge < -0.3 is 4.74 Å². The van der Waals surface area contributed by atoms with Gasteiger partial charge in [0.1, 0.15) is 23.1 Å². The predicted molar refractivity (Wildman–Crippen MR) is 57.3 cm³/mol. The van der Waals surface area contributed by atoms with Gasteiger partial charge >= 0.3 is 0 Å². The molecule has 0 spiro atoms. The Morgan fingerprint density at radius 1 is 0.875 bits per heavy atom. The molecule has 81 valence electrons. The second kappa shape index (κ2) is 4.31. The highest BCUT2D eigenvalue weighted by Gasteiger charge is 2.02. The highest BCUT2D eigenvalue weighted by molar-refractivity contribution is 5.35. The Labute approximate surface area is 92.3 Å². The molecule has 0 aromatic heterocycles. The molecular formula is C13H9F2O. The number of benzene rings is 2. The van der Waals surface area contributed by atoms with Crippen LogP contribution in [0, 0.1) is 18.6 Å². The van der Waals surface area contributed by atoms with Gasteiger partial charge in [-0.2, -0.15) is 0 Å². The minimum Gasteiger partial charge on any atom is -0.457 e. The van der Waals surface area contributed by atoms with E-state index in [-0.39, 0.29) is 5.75 Å². The fourth-order valence-corrected chi connectivity index (χ4v) is 1.33. The summed E-state index contributed by atoms with van der Waals surface area (Å²) in [5.41, 5.74) is 0.773. The second-order valence-corrected chi connectivity index (χ2v) is 3.35. The van der Waals surface area contributed by atoms with Crippen LogP contribution in [0.15, 0.2) is 42.5 Å². The van der Waals surface area contributed by atoms with Crippen LogP contribution in [-0.4, -0.2) is 0 Å². The van der Waals surface area contributed by atoms with Crippen LogP contribution in [-0.2, 0) is 0 Å². The summed E-state index contributed by atoms with van der Waals surface area (Å²) in [6, 6.07) is 9.98. The lowest BCUT2D eigenvalue weighted by Gasteiger charge is -2.06. The first-order valence-corrected chi connectivity index (χ1v) is 4.69. The summed E-state index contributed by atoms with van der Waals surface area (Å²) >= 11 is 0. The molecule has 2 rings (SSSR count). The maximum Gasteiger partial charge on any atom is 0.133 e. The molecule has 0 amide bonds. The summed E-state index contributed by atoms with van der Waals surface area (Å²) in [6.45, 7) is 3.73. The Kier molecular flexibility index (Phi) is 2.86. The van der Waals surface area contributed by atoms with E-state index in [1.165, 1.54) is 0 Å². The molecule has 0 unspecified atom stereocenters. The van der Waals surface area contributed by atoms with Crippen molar-refractivity contribution in [1.82, 2.24) is 0 Å². The Morgan fingerprint density at radius 2 is 1.56 bits per heavy atom. The van der Waals surface area contributed by atoms with Gasteiger partial charge in [0.15, 0.2) is 0 Å². The van der Waals surface area contributed by atoms with E-state index >= 15 is 0 Å². The van der Waals surface area contributed by atoms with Gasteiger partial charge in [0, 0.05) is 18.2 Å². The van der Waals surface area contributed by atoms with Gasteiger partial charge in [-0.1, -0.05) is 12.1 Å². The molecule has 0 N–H and O–H groups in total. The zero-order valence-corrected chi connectivity index (χ0v) is 8.41. The van der Waals surface area contributed by atoms with Gasteiger partial charge in [-0.25, -0.2) is 8.78 Å². The molecule has 0 bridgehead atoms. The molecule has 0 fully saturated rings. The van der Waals surface area contributed by atoms with Crippen molar-refractivity contribution in [3.05, 3.63) is 66.6 Å². The molecular weight excluding hydrogens is 210 g/mol. The molecule has 3 heteroatoms. The number of rotatable bonds is 2. The summed E-state index contributed by atoms with van der Waals surface area (Å²) in [5.74, 6) is -0.706. The van der Waals surface area contributed by atoms with Crippen molar-refractivity contribution in [1.29, 1.82) is 0 Å². The van der Waals surface area contributed by atoms with Crippen molar-refractivity contribution in [2.75, 3.05) is 0 Å². The van der Waals surface area contributed by atoms with Crippen molar-refractivity contribution in [3.63, 3.8) is 0 Å². The lowest BCUT2D eigenvalue weighted by Crippen LogP contribution is -1.87. The number of hydrogen-bond donors (Lipinski definition) is 0. The number of halogens is 2. The summed E-state index contributed by atoms with van der Waals surface area (Å²) in [7, 11) is 0. The fraction of sp³-hybridized carbons (Fsp3) is 0. The largest absolute Gasteiger partial charge is 0.457 e. The Balaban J connectivity index is 2.27. The van der Waals surface area contributed by atoms with E-state index in [9.17, 15) is 8.78 Å². The third kappa shape index (κ3) is 2.57. The average Bonchev–Trinajstić information content (AvgIpc) is 2.15. The van der Waals surface area contributed by atoms with Crippen LogP contribution in [0.25, 0.3) is 0 Å². The van der Waals surface area contributed by atoms with Crippen molar-refractivity contribution in [3.8, 4) is 11.5 Å². The van der Waals surface area contributed by atoms with E-state index < -0.39 is 11.6 Å². The average molecular weight is 219 g/mol. The molecule has 0 aliphatic heterocycles. The van der Waals surface area contributed by atoms with Crippen molar-refractivity contribution in [2.45, 2.75) is 0 Å². The van der Waals surface area contributed by atoms with Crippen LogP contribution in [0.4, 0.5) is 8.78 Å². The maximum absolute atomic E-state index is 12.9. The zero-order valence-electron chi connectivity index (χ0n) is 8.41. The number of ether oxygens (including phenoxy) is 1. The lowest BCUT2D eigenvalue weighted by atomic mass is 10.2. The van der Waals surface area contributed by atoms with E-state index in [4.69, 9.17) is 4.74 Å². The Bertz CT molecular complexity index is 489. The summed E-state index contributed by atoms with van der Waals surface area (Å²) in [4.78, 5) is 0. The van der Waals surface area contributed by atoms with Crippen molar-refractivity contribution < 1.29 is 13.5 Å². The van der Waals surface area contributed by atoms with Gasteiger partial charge in [0.05, 0.1) is 0 Å². The van der Waals surface area contributed by atoms with E-state index in [2.05, 4.69) is 6.92 Å². The van der Waals surface area contributed by atoms with Gasteiger partial charge in [-0.05, 0) is 24.6 Å². The van der Waals surface area contributed by atoms with Crippen LogP contribution in [0.1, 0.15) is 5.56 Å². The summed E-state index contributed by atoms with van der Waals surface area (Å²) in [6.07, 6.45) is 0. The van der Waals surface area contributed by atoms with Crippen LogP contribution < -0.4 is 4.74 Å². The van der Waals surface area contributed by atoms with Crippen LogP contribution in [0.5, 0.6) is 11.5 Å². The topological polar surface area (TPSA) is 9.23 Å². The normalized spacial score (nSPS) is 10.2. The number of hydrogen-bond acceptors (Lipinski definition) is 1. The molecule has 2 aromatic rings. The highest BCUT2D eigenvalue weighted by Crippen LogP contribution is 2.23. The van der Waals surface area contributed by atoms with Gasteiger partial charge in [0.25, 0.3) is 0 Å². The molecule has 0 atom stereocenters. The third-order valence-electron chi connectivity index (χ3n) is 1.97. The monoisotopic (exact) mass is 219 g/mol. The van der Waals surface area contributed by atoms with E-state index in [0.29, 0.717) is 5.75 Å². The molecule has 0 saturated carbocycles. The Morgan fingerprint density at radius 3 is 2.19 bits per heavy atom. The highest BCUT2D eigenvalue weighted by atomic mass is 19.1. The molecule has 2 aromatic carbocycles. The van der Waals surface area contributed by atoms with Crippen LogP contribution >= 0.6 is 0 Å². The van der Waals surface area contributed by atoms with Gasteiger partial charge in [-0.15, -0.1) is 0 Å². The molecule has 1 radical (unpaired) electrons. The standard InChI is InChI=1S/C13H9F2O/c1-9-3-2-4-12(5-9)16-13-7-10(14)6-11(15)8-13/h2-8H,1H2. The lowest BCUT2D eigenvalue weighted by molar-refractivity contribution is 0.468. The Hall–Kier alpha value is -1.90. The van der Waals surface area contributed by atoms with Crippen molar-refractivity contribution >= 4 is 0 Å². The first-order chi connectivity index (χ1) is 7.63. The molecule has 16 heavy (non-hydrogen) atoms. The first kappa shape index (κ1) is 10.6. The zero-order chi connectivity index (χ0) is 11.5. The molecule has 0 aliphatic rings. The molecule has 0 aliphatic carbocycles. The SMILES string of the molecule is [CH2]c1cccc(Oc2cc(F)cc(F)c2)c1.